The number of nitrogens with two attached hydrogens (primary N) is 1. The number of rotatable bonds is 2. The number of nitrogen functional groups attached to an aromatic ring is 1. The number of hydrogen-bond acceptors (Lipinski definition) is 5. The number of aromatic nitrogens is 1. The van der Waals surface area contributed by atoms with E-state index in [0.29, 0.717) is 6.07 Å². The van der Waals surface area contributed by atoms with E-state index in [0.717, 1.165) is 12.1 Å². The largest absolute Gasteiger partial charge is 0.586 e. The predicted molar refractivity (Wildman–Crippen MR) is 72.2 cm³/mol. The second kappa shape index (κ2) is 4.92. The van der Waals surface area contributed by atoms with E-state index in [1.54, 1.807) is 0 Å². The van der Waals surface area contributed by atoms with Crippen molar-refractivity contribution in [3.05, 3.63) is 34.7 Å². The van der Waals surface area contributed by atoms with Gasteiger partial charge in [-0.1, -0.05) is 11.6 Å². The standard InChI is InChI=1S/C13H6ClF3N2O4/c14-10-6(18)3-7(19-11(10)12(20)21)4-1-8-9(2-5(4)15)23-13(16,17)22-8/h1-3H,(H2,18,19)(H,20,21). The number of pyridine rings is 1. The van der Waals surface area contributed by atoms with Crippen LogP contribution in [-0.2, 0) is 0 Å². The van der Waals surface area contributed by atoms with Crippen molar-refractivity contribution in [1.29, 1.82) is 0 Å². The molecule has 3 rings (SSSR count). The maximum Gasteiger partial charge on any atom is 0.586 e. The van der Waals surface area contributed by atoms with Gasteiger partial charge in [-0.25, -0.2) is 14.2 Å². The predicted octanol–water partition coefficient (Wildman–Crippen LogP) is 3.14. The molecule has 120 valence electrons. The van der Waals surface area contributed by atoms with Crippen LogP contribution < -0.4 is 15.2 Å². The van der Waals surface area contributed by atoms with Crippen LogP contribution >= 0.6 is 11.6 Å². The maximum atomic E-state index is 14.1. The molecule has 3 N–H and O–H groups in total. The first-order chi connectivity index (χ1) is 10.7. The number of nitrogens with zero attached hydrogens (tertiary/aromatic N) is 1. The number of aromatic carboxylic acids is 1. The van der Waals surface area contributed by atoms with E-state index >= 15 is 0 Å². The lowest BCUT2D eigenvalue weighted by molar-refractivity contribution is -0.286. The van der Waals surface area contributed by atoms with Crippen molar-refractivity contribution in [1.82, 2.24) is 4.98 Å². The number of anilines is 1. The molecule has 2 aromatic rings. The van der Waals surface area contributed by atoms with Crippen LogP contribution in [0.1, 0.15) is 10.5 Å². The summed E-state index contributed by atoms with van der Waals surface area (Å²) in [7, 11) is 0. The summed E-state index contributed by atoms with van der Waals surface area (Å²) in [5.74, 6) is -3.36. The first kappa shape index (κ1) is 15.2. The fraction of sp³-hybridized carbons (Fsp3) is 0.0769. The minimum atomic E-state index is -3.91. The number of benzene rings is 1. The fourth-order valence-electron chi connectivity index (χ4n) is 2.00. The Bertz CT molecular complexity index is 844. The van der Waals surface area contributed by atoms with Crippen molar-refractivity contribution in [2.75, 3.05) is 5.73 Å². The molecule has 0 radical (unpaired) electrons. The molecule has 10 heteroatoms. The molecule has 2 heterocycles. The van der Waals surface area contributed by atoms with Crippen LogP contribution in [0.4, 0.5) is 18.9 Å². The number of ether oxygens (including phenoxy) is 2. The molecule has 1 aromatic heterocycles. The molecule has 1 aliphatic rings. The van der Waals surface area contributed by atoms with Gasteiger partial charge in [0, 0.05) is 11.6 Å². The minimum Gasteiger partial charge on any atom is -0.476 e. The van der Waals surface area contributed by atoms with E-state index in [2.05, 4.69) is 14.5 Å². The highest BCUT2D eigenvalue weighted by molar-refractivity contribution is 6.35. The van der Waals surface area contributed by atoms with Gasteiger partial charge in [-0.15, -0.1) is 8.78 Å². The number of carboxylic acids is 1. The zero-order valence-corrected chi connectivity index (χ0v) is 11.7. The number of carbonyl (C=O) groups is 1. The summed E-state index contributed by atoms with van der Waals surface area (Å²) in [5.41, 5.74) is 4.32. The second-order valence-corrected chi connectivity index (χ2v) is 4.89. The summed E-state index contributed by atoms with van der Waals surface area (Å²) < 4.78 is 48.4. The molecule has 23 heavy (non-hydrogen) atoms. The molecule has 0 bridgehead atoms. The number of hydrogen-bond donors (Lipinski definition) is 2. The van der Waals surface area contributed by atoms with E-state index in [9.17, 15) is 18.0 Å². The van der Waals surface area contributed by atoms with Gasteiger partial charge in [0.05, 0.1) is 16.4 Å². The van der Waals surface area contributed by atoms with E-state index < -0.39 is 35.3 Å². The zero-order valence-electron chi connectivity index (χ0n) is 10.9. The van der Waals surface area contributed by atoms with Gasteiger partial charge in [-0.2, -0.15) is 0 Å². The Morgan fingerprint density at radius 1 is 1.26 bits per heavy atom. The molecule has 1 aliphatic heterocycles. The van der Waals surface area contributed by atoms with Gasteiger partial charge in [0.15, 0.2) is 17.2 Å². The molecule has 0 spiro atoms. The molecule has 1 aromatic carbocycles. The minimum absolute atomic E-state index is 0.156. The Morgan fingerprint density at radius 3 is 2.48 bits per heavy atom. The lowest BCUT2D eigenvalue weighted by Gasteiger charge is -2.08. The Hall–Kier alpha value is -2.68. The first-order valence-corrected chi connectivity index (χ1v) is 6.35. The molecule has 0 amide bonds. The highest BCUT2D eigenvalue weighted by Gasteiger charge is 2.44. The first-order valence-electron chi connectivity index (χ1n) is 5.97. The Morgan fingerprint density at radius 2 is 1.87 bits per heavy atom. The third-order valence-electron chi connectivity index (χ3n) is 2.96. The van der Waals surface area contributed by atoms with Crippen LogP contribution in [0.2, 0.25) is 5.02 Å². The lowest BCUT2D eigenvalue weighted by atomic mass is 10.1. The third kappa shape index (κ3) is 2.59. The van der Waals surface area contributed by atoms with Crippen LogP contribution in [0.15, 0.2) is 18.2 Å². The number of halogens is 4. The van der Waals surface area contributed by atoms with Crippen LogP contribution in [-0.4, -0.2) is 22.4 Å². The summed E-state index contributed by atoms with van der Waals surface area (Å²) in [6.45, 7) is 0. The van der Waals surface area contributed by atoms with Crippen molar-refractivity contribution in [2.45, 2.75) is 6.29 Å². The molecular formula is C13H6ClF3N2O4. The summed E-state index contributed by atoms with van der Waals surface area (Å²) in [6.07, 6.45) is -3.91. The SMILES string of the molecule is Nc1cc(-c2cc3c(cc2F)OC(F)(F)O3)nc(C(=O)O)c1Cl. The third-order valence-corrected chi connectivity index (χ3v) is 3.35. The summed E-state index contributed by atoms with van der Waals surface area (Å²) in [6, 6.07) is 2.71. The highest BCUT2D eigenvalue weighted by atomic mass is 35.5. The average molecular weight is 347 g/mol. The van der Waals surface area contributed by atoms with Gasteiger partial charge >= 0.3 is 12.3 Å². The molecule has 0 fully saturated rings. The zero-order chi connectivity index (χ0) is 16.9. The topological polar surface area (TPSA) is 94.7 Å². The Kier molecular flexibility index (Phi) is 3.25. The van der Waals surface area contributed by atoms with Crippen molar-refractivity contribution in [2.24, 2.45) is 0 Å². The molecule has 0 atom stereocenters. The quantitative estimate of drug-likeness (QED) is 0.867. The van der Waals surface area contributed by atoms with Crippen molar-refractivity contribution < 1.29 is 32.5 Å². The van der Waals surface area contributed by atoms with Crippen molar-refractivity contribution in [3.8, 4) is 22.8 Å². The second-order valence-electron chi connectivity index (χ2n) is 4.51. The van der Waals surface area contributed by atoms with Gasteiger partial charge in [-0.3, -0.25) is 0 Å². The summed E-state index contributed by atoms with van der Waals surface area (Å²) in [5, 5.41) is 8.70. The fourth-order valence-corrected chi connectivity index (χ4v) is 2.17. The van der Waals surface area contributed by atoms with Crippen LogP contribution in [0.3, 0.4) is 0 Å². The molecule has 0 saturated heterocycles. The number of carboxylic acid groups (broad SMARTS) is 1. The van der Waals surface area contributed by atoms with Gasteiger partial charge in [-0.05, 0) is 12.1 Å². The normalized spacial score (nSPS) is 14.8. The number of fused-ring (bicyclic) bond motifs is 1. The summed E-state index contributed by atoms with van der Waals surface area (Å²) in [4.78, 5) is 14.8. The smallest absolute Gasteiger partial charge is 0.476 e. The van der Waals surface area contributed by atoms with Crippen molar-refractivity contribution in [3.63, 3.8) is 0 Å². The Balaban J connectivity index is 2.16. The monoisotopic (exact) mass is 346 g/mol. The van der Waals surface area contributed by atoms with E-state index in [-0.39, 0.29) is 22.0 Å². The highest BCUT2D eigenvalue weighted by Crippen LogP contribution is 2.44. The average Bonchev–Trinajstić information content (AvgIpc) is 2.73. The lowest BCUT2D eigenvalue weighted by Crippen LogP contribution is -2.25. The number of alkyl halides is 2. The Labute approximate surface area is 131 Å². The molecule has 0 aliphatic carbocycles. The van der Waals surface area contributed by atoms with Gasteiger partial charge < -0.3 is 20.3 Å². The molecule has 0 unspecified atom stereocenters. The van der Waals surface area contributed by atoms with E-state index in [4.69, 9.17) is 22.4 Å². The maximum absolute atomic E-state index is 14.1. The van der Waals surface area contributed by atoms with Gasteiger partial charge in [0.1, 0.15) is 5.82 Å². The summed E-state index contributed by atoms with van der Waals surface area (Å²) >= 11 is 5.71. The molecule has 6 nitrogen and oxygen atoms in total. The van der Waals surface area contributed by atoms with Crippen molar-refractivity contribution >= 4 is 23.3 Å². The van der Waals surface area contributed by atoms with E-state index in [1.165, 1.54) is 0 Å². The van der Waals surface area contributed by atoms with E-state index in [1.807, 2.05) is 0 Å². The van der Waals surface area contributed by atoms with Crippen LogP contribution in [0.25, 0.3) is 11.3 Å². The van der Waals surface area contributed by atoms with Crippen LogP contribution in [0.5, 0.6) is 11.5 Å². The molecule has 0 saturated carbocycles. The van der Waals surface area contributed by atoms with Gasteiger partial charge in [0.25, 0.3) is 0 Å². The van der Waals surface area contributed by atoms with Gasteiger partial charge in [0.2, 0.25) is 0 Å². The molecular weight excluding hydrogens is 341 g/mol. The van der Waals surface area contributed by atoms with Crippen LogP contribution in [0, 0.1) is 5.82 Å².